The van der Waals surface area contributed by atoms with Crippen molar-refractivity contribution in [1.82, 2.24) is 0 Å². The Balaban J connectivity index is 3.21. The molecule has 0 aliphatic rings. The predicted octanol–water partition coefficient (Wildman–Crippen LogP) is 1.88. The SMILES string of the molecule is C=C(CCCCC(=O)OP)OO. The van der Waals surface area contributed by atoms with Gasteiger partial charge < -0.3 is 9.41 Å². The van der Waals surface area contributed by atoms with Crippen LogP contribution in [0, 0.1) is 0 Å². The standard InChI is InChI=1S/C7H13O4P/c1-6(10-9)4-2-3-5-7(8)11-12/h9H,1-5,12H2. The van der Waals surface area contributed by atoms with Gasteiger partial charge in [-0.15, -0.1) is 0 Å². The number of unbranched alkanes of at least 4 members (excludes halogenated alkanes) is 1. The lowest BCUT2D eigenvalue weighted by Gasteiger charge is -2.00. The Morgan fingerprint density at radius 3 is 2.50 bits per heavy atom. The van der Waals surface area contributed by atoms with Crippen molar-refractivity contribution >= 4 is 15.4 Å². The lowest BCUT2D eigenvalue weighted by atomic mass is 10.2. The second kappa shape index (κ2) is 7.07. The molecule has 1 N–H and O–H groups in total. The first-order valence-corrected chi connectivity index (χ1v) is 4.06. The monoisotopic (exact) mass is 192 g/mol. The van der Waals surface area contributed by atoms with Gasteiger partial charge in [0.1, 0.15) is 5.76 Å². The Labute approximate surface area is 73.8 Å². The zero-order chi connectivity index (χ0) is 9.40. The van der Waals surface area contributed by atoms with Gasteiger partial charge in [-0.1, -0.05) is 6.58 Å². The summed E-state index contributed by atoms with van der Waals surface area (Å²) >= 11 is 0. The van der Waals surface area contributed by atoms with Gasteiger partial charge in [-0.2, -0.15) is 0 Å². The predicted molar refractivity (Wildman–Crippen MR) is 47.1 cm³/mol. The van der Waals surface area contributed by atoms with E-state index >= 15 is 0 Å². The zero-order valence-corrected chi connectivity index (χ0v) is 7.94. The second-order valence-electron chi connectivity index (χ2n) is 2.33. The molecule has 0 bridgehead atoms. The number of allylic oxidation sites excluding steroid dienone is 1. The summed E-state index contributed by atoms with van der Waals surface area (Å²) in [6.45, 7) is 3.42. The maximum Gasteiger partial charge on any atom is 0.307 e. The summed E-state index contributed by atoms with van der Waals surface area (Å²) in [5.41, 5.74) is 0. The van der Waals surface area contributed by atoms with Crippen LogP contribution in [0.2, 0.25) is 0 Å². The highest BCUT2D eigenvalue weighted by molar-refractivity contribution is 7.10. The molecule has 0 aromatic rings. The molecule has 0 aliphatic carbocycles. The first-order chi connectivity index (χ1) is 5.70. The van der Waals surface area contributed by atoms with E-state index in [2.05, 4.69) is 16.0 Å². The lowest BCUT2D eigenvalue weighted by molar-refractivity contribution is -0.205. The first-order valence-electron chi connectivity index (χ1n) is 3.59. The minimum absolute atomic E-state index is 0.254. The maximum atomic E-state index is 10.6. The van der Waals surface area contributed by atoms with Crippen LogP contribution < -0.4 is 0 Å². The van der Waals surface area contributed by atoms with Gasteiger partial charge in [-0.25, -0.2) is 5.26 Å². The van der Waals surface area contributed by atoms with Crippen LogP contribution in [0.3, 0.4) is 0 Å². The summed E-state index contributed by atoms with van der Waals surface area (Å²) < 4.78 is 4.36. The molecule has 0 aromatic carbocycles. The van der Waals surface area contributed by atoms with Gasteiger partial charge in [0.05, 0.1) is 9.47 Å². The minimum Gasteiger partial charge on any atom is -0.452 e. The molecule has 0 spiro atoms. The fraction of sp³-hybridized carbons (Fsp3) is 0.571. The molecule has 4 nitrogen and oxygen atoms in total. The van der Waals surface area contributed by atoms with Gasteiger partial charge >= 0.3 is 5.97 Å². The topological polar surface area (TPSA) is 55.8 Å². The Morgan fingerprint density at radius 2 is 2.00 bits per heavy atom. The molecule has 0 saturated carbocycles. The molecule has 0 radical (unpaired) electrons. The fourth-order valence-corrected chi connectivity index (χ4v) is 0.814. The van der Waals surface area contributed by atoms with E-state index in [1.165, 1.54) is 0 Å². The molecule has 0 fully saturated rings. The second-order valence-corrected chi connectivity index (χ2v) is 2.56. The van der Waals surface area contributed by atoms with Crippen LogP contribution >= 0.6 is 9.47 Å². The van der Waals surface area contributed by atoms with Gasteiger partial charge in [0.15, 0.2) is 0 Å². The van der Waals surface area contributed by atoms with Crippen molar-refractivity contribution in [3.63, 3.8) is 0 Å². The van der Waals surface area contributed by atoms with E-state index in [0.717, 1.165) is 6.42 Å². The van der Waals surface area contributed by atoms with Crippen molar-refractivity contribution in [3.05, 3.63) is 12.3 Å². The van der Waals surface area contributed by atoms with Gasteiger partial charge in [0.25, 0.3) is 0 Å². The summed E-state index contributed by atoms with van der Waals surface area (Å²) in [5.74, 6) is 0.0600. The molecule has 0 rings (SSSR count). The van der Waals surface area contributed by atoms with Crippen LogP contribution in [0.1, 0.15) is 25.7 Å². The highest BCUT2D eigenvalue weighted by Gasteiger charge is 2.00. The molecule has 1 unspecified atom stereocenters. The molecule has 1 atom stereocenters. The van der Waals surface area contributed by atoms with Crippen LogP contribution in [-0.2, 0) is 14.2 Å². The Bertz CT molecular complexity index is 139. The third kappa shape index (κ3) is 6.13. The summed E-state index contributed by atoms with van der Waals surface area (Å²) in [6.07, 6.45) is 2.39. The van der Waals surface area contributed by atoms with Crippen LogP contribution in [-0.4, -0.2) is 11.2 Å². The van der Waals surface area contributed by atoms with Crippen molar-refractivity contribution in [2.45, 2.75) is 25.7 Å². The van der Waals surface area contributed by atoms with E-state index in [4.69, 9.17) is 5.26 Å². The number of hydrogen-bond donors (Lipinski definition) is 1. The van der Waals surface area contributed by atoms with E-state index < -0.39 is 0 Å². The van der Waals surface area contributed by atoms with Crippen molar-refractivity contribution < 1.29 is 19.5 Å². The third-order valence-electron chi connectivity index (χ3n) is 1.35. The van der Waals surface area contributed by atoms with E-state index in [0.29, 0.717) is 25.0 Å². The number of carbonyl (C=O) groups is 1. The molecule has 0 heterocycles. The van der Waals surface area contributed by atoms with Crippen molar-refractivity contribution in [1.29, 1.82) is 0 Å². The summed E-state index contributed by atoms with van der Waals surface area (Å²) in [7, 11) is 1.90. The molecule has 70 valence electrons. The average molecular weight is 192 g/mol. The maximum absolute atomic E-state index is 10.6. The lowest BCUT2D eigenvalue weighted by Crippen LogP contribution is -1.96. The van der Waals surface area contributed by atoms with E-state index in [-0.39, 0.29) is 5.97 Å². The summed E-state index contributed by atoms with van der Waals surface area (Å²) in [5, 5.41) is 8.09. The highest BCUT2D eigenvalue weighted by atomic mass is 31.0. The van der Waals surface area contributed by atoms with Gasteiger partial charge in [-0.05, 0) is 12.8 Å². The molecule has 0 aliphatic heterocycles. The average Bonchev–Trinajstić information content (AvgIpc) is 2.11. The quantitative estimate of drug-likeness (QED) is 0.229. The zero-order valence-electron chi connectivity index (χ0n) is 6.78. The largest absolute Gasteiger partial charge is 0.452 e. The Kier molecular flexibility index (Phi) is 6.72. The summed E-state index contributed by atoms with van der Waals surface area (Å²) in [4.78, 5) is 14.4. The molecular formula is C7H13O4P. The van der Waals surface area contributed by atoms with Gasteiger partial charge in [-0.3, -0.25) is 4.79 Å². The molecule has 12 heavy (non-hydrogen) atoms. The molecule has 0 amide bonds. The molecule has 0 aromatic heterocycles. The molecule has 0 saturated heterocycles. The van der Waals surface area contributed by atoms with Crippen LogP contribution in [0.25, 0.3) is 0 Å². The van der Waals surface area contributed by atoms with E-state index in [1.54, 1.807) is 0 Å². The van der Waals surface area contributed by atoms with Gasteiger partial charge in [0.2, 0.25) is 0 Å². The minimum atomic E-state index is -0.254. The van der Waals surface area contributed by atoms with Crippen LogP contribution in [0.15, 0.2) is 12.3 Å². The van der Waals surface area contributed by atoms with E-state index in [1.807, 2.05) is 9.47 Å². The Morgan fingerprint density at radius 1 is 1.42 bits per heavy atom. The summed E-state index contributed by atoms with van der Waals surface area (Å²) in [6, 6.07) is 0. The van der Waals surface area contributed by atoms with Crippen molar-refractivity contribution in [3.8, 4) is 0 Å². The number of carbonyl (C=O) groups excluding carboxylic acids is 1. The number of hydrogen-bond acceptors (Lipinski definition) is 4. The van der Waals surface area contributed by atoms with Crippen LogP contribution in [0.4, 0.5) is 0 Å². The van der Waals surface area contributed by atoms with Gasteiger partial charge in [0, 0.05) is 12.8 Å². The van der Waals surface area contributed by atoms with Crippen LogP contribution in [0.5, 0.6) is 0 Å². The van der Waals surface area contributed by atoms with Crippen molar-refractivity contribution in [2.75, 3.05) is 0 Å². The molecular weight excluding hydrogens is 179 g/mol. The highest BCUT2D eigenvalue weighted by Crippen LogP contribution is 2.08. The smallest absolute Gasteiger partial charge is 0.307 e. The van der Waals surface area contributed by atoms with E-state index in [9.17, 15) is 4.79 Å². The normalized spacial score (nSPS) is 9.17. The Hall–Kier alpha value is -0.600. The van der Waals surface area contributed by atoms with Crippen molar-refractivity contribution in [2.24, 2.45) is 0 Å². The first kappa shape index (κ1) is 11.4. The molecule has 5 heteroatoms. The third-order valence-corrected chi connectivity index (χ3v) is 1.61. The fourth-order valence-electron chi connectivity index (χ4n) is 0.696. The number of rotatable bonds is 6.